The molecule has 0 bridgehead atoms. The zero-order valence-corrected chi connectivity index (χ0v) is 28.0. The lowest BCUT2D eigenvalue weighted by Gasteiger charge is -2.35. The van der Waals surface area contributed by atoms with Gasteiger partial charge in [0.2, 0.25) is 11.8 Å². The van der Waals surface area contributed by atoms with Crippen LogP contribution in [0.25, 0.3) is 0 Å². The fraction of sp³-hybridized carbons (Fsp3) is 0.297. The number of carbonyl (C=O) groups is 2. The summed E-state index contributed by atoms with van der Waals surface area (Å²) in [4.78, 5) is 30.1. The van der Waals surface area contributed by atoms with Crippen LogP contribution in [0, 0.1) is 6.92 Å². The van der Waals surface area contributed by atoms with Crippen molar-refractivity contribution in [3.05, 3.63) is 126 Å². The van der Waals surface area contributed by atoms with E-state index in [4.69, 9.17) is 4.74 Å². The van der Waals surface area contributed by atoms with Crippen molar-refractivity contribution in [2.75, 3.05) is 17.5 Å². The van der Waals surface area contributed by atoms with Crippen molar-refractivity contribution < 1.29 is 22.7 Å². The lowest BCUT2D eigenvalue weighted by Crippen LogP contribution is -2.56. The Morgan fingerprint density at radius 3 is 1.91 bits per heavy atom. The highest BCUT2D eigenvalue weighted by molar-refractivity contribution is 7.92. The van der Waals surface area contributed by atoms with E-state index in [9.17, 15) is 18.0 Å². The first-order valence-electron chi connectivity index (χ1n) is 15.4. The quantitative estimate of drug-likeness (QED) is 0.189. The van der Waals surface area contributed by atoms with Crippen LogP contribution < -0.4 is 14.4 Å². The van der Waals surface area contributed by atoms with E-state index in [2.05, 4.69) is 5.32 Å². The van der Waals surface area contributed by atoms with Gasteiger partial charge >= 0.3 is 0 Å². The third-order valence-electron chi connectivity index (χ3n) is 7.29. The van der Waals surface area contributed by atoms with Gasteiger partial charge < -0.3 is 15.0 Å². The number of ether oxygens (including phenoxy) is 1. The molecule has 0 radical (unpaired) electrons. The van der Waals surface area contributed by atoms with Crippen LogP contribution in [0.2, 0.25) is 0 Å². The Kier molecular flexibility index (Phi) is 11.2. The minimum Gasteiger partial charge on any atom is -0.494 e. The number of hydrogen-bond donors (Lipinski definition) is 1. The maximum atomic E-state index is 14.5. The Labute approximate surface area is 273 Å². The molecule has 242 valence electrons. The number of amides is 2. The van der Waals surface area contributed by atoms with E-state index in [1.165, 1.54) is 17.0 Å². The van der Waals surface area contributed by atoms with E-state index < -0.39 is 34.1 Å². The summed E-state index contributed by atoms with van der Waals surface area (Å²) in [5.74, 6) is -0.259. The van der Waals surface area contributed by atoms with Gasteiger partial charge in [-0.3, -0.25) is 13.9 Å². The Hall–Kier alpha value is -4.63. The number of aryl methyl sites for hydroxylation is 1. The van der Waals surface area contributed by atoms with Gasteiger partial charge in [0.1, 0.15) is 18.3 Å². The maximum absolute atomic E-state index is 14.5. The average molecular weight is 642 g/mol. The molecule has 46 heavy (non-hydrogen) atoms. The van der Waals surface area contributed by atoms with Crippen LogP contribution in [0.1, 0.15) is 44.4 Å². The van der Waals surface area contributed by atoms with Crippen molar-refractivity contribution in [2.45, 2.75) is 64.1 Å². The highest BCUT2D eigenvalue weighted by Gasteiger charge is 2.35. The molecule has 0 saturated heterocycles. The molecule has 0 unspecified atom stereocenters. The summed E-state index contributed by atoms with van der Waals surface area (Å²) in [6, 6.07) is 31.1. The monoisotopic (exact) mass is 641 g/mol. The first-order valence-corrected chi connectivity index (χ1v) is 16.8. The van der Waals surface area contributed by atoms with Crippen molar-refractivity contribution in [2.24, 2.45) is 0 Å². The minimum absolute atomic E-state index is 0.0562. The molecule has 0 aliphatic rings. The number of rotatable bonds is 13. The molecule has 0 aromatic heterocycles. The molecule has 0 aliphatic heterocycles. The molecule has 0 saturated carbocycles. The highest BCUT2D eigenvalue weighted by atomic mass is 32.2. The van der Waals surface area contributed by atoms with Crippen LogP contribution in [-0.2, 0) is 32.6 Å². The third kappa shape index (κ3) is 9.20. The number of carbonyl (C=O) groups excluding carboxylic acids is 2. The molecule has 0 aliphatic carbocycles. The number of sulfonamides is 1. The van der Waals surface area contributed by atoms with Crippen LogP contribution in [-0.4, -0.2) is 49.9 Å². The maximum Gasteiger partial charge on any atom is 0.264 e. The molecule has 2 amide bonds. The fourth-order valence-electron chi connectivity index (χ4n) is 5.03. The summed E-state index contributed by atoms with van der Waals surface area (Å²) >= 11 is 0. The normalized spacial score (nSPS) is 12.2. The summed E-state index contributed by atoms with van der Waals surface area (Å²) < 4.78 is 35.1. The van der Waals surface area contributed by atoms with Gasteiger partial charge in [0.25, 0.3) is 10.0 Å². The van der Waals surface area contributed by atoms with Crippen molar-refractivity contribution in [1.82, 2.24) is 10.2 Å². The summed E-state index contributed by atoms with van der Waals surface area (Å²) in [6.07, 6.45) is 0.245. The molecule has 0 heterocycles. The molecule has 8 nitrogen and oxygen atoms in total. The number of anilines is 1. The minimum atomic E-state index is -4.19. The van der Waals surface area contributed by atoms with Gasteiger partial charge in [-0.05, 0) is 82.1 Å². The third-order valence-corrected chi connectivity index (χ3v) is 9.08. The predicted octanol–water partition coefficient (Wildman–Crippen LogP) is 6.14. The number of hydrogen-bond acceptors (Lipinski definition) is 5. The molecular formula is C37H43N3O5S. The van der Waals surface area contributed by atoms with Crippen LogP contribution in [0.5, 0.6) is 5.75 Å². The predicted molar refractivity (Wildman–Crippen MR) is 182 cm³/mol. The summed E-state index contributed by atoms with van der Waals surface area (Å²) in [6.45, 7) is 9.43. The van der Waals surface area contributed by atoms with Gasteiger partial charge in [0.05, 0.1) is 17.2 Å². The largest absolute Gasteiger partial charge is 0.494 e. The Morgan fingerprint density at radius 2 is 1.37 bits per heavy atom. The second-order valence-electron chi connectivity index (χ2n) is 12.2. The van der Waals surface area contributed by atoms with Gasteiger partial charge in [-0.2, -0.15) is 0 Å². The van der Waals surface area contributed by atoms with Crippen molar-refractivity contribution in [3.8, 4) is 5.75 Å². The number of nitrogens with one attached hydrogen (secondary N) is 1. The van der Waals surface area contributed by atoms with E-state index in [0.29, 0.717) is 18.0 Å². The van der Waals surface area contributed by atoms with Crippen molar-refractivity contribution in [3.63, 3.8) is 0 Å². The van der Waals surface area contributed by atoms with Gasteiger partial charge in [-0.15, -0.1) is 0 Å². The van der Waals surface area contributed by atoms with Crippen LogP contribution in [0.15, 0.2) is 114 Å². The van der Waals surface area contributed by atoms with Crippen molar-refractivity contribution >= 4 is 27.5 Å². The molecule has 0 fully saturated rings. The SMILES string of the molecule is CCOc1ccc(N(CC(=O)N(Cc2ccccc2)[C@H](Cc2ccccc2)C(=O)NC(C)(C)C)S(=O)(=O)c2ccc(C)cc2)cc1. The second kappa shape index (κ2) is 15.1. The van der Waals surface area contributed by atoms with Crippen molar-refractivity contribution in [1.29, 1.82) is 0 Å². The first-order chi connectivity index (χ1) is 21.9. The zero-order chi connectivity index (χ0) is 33.3. The summed E-state index contributed by atoms with van der Waals surface area (Å²) in [5, 5.41) is 3.05. The number of benzene rings is 4. The molecule has 0 spiro atoms. The highest BCUT2D eigenvalue weighted by Crippen LogP contribution is 2.27. The standard InChI is InChI=1S/C37H43N3O5S/c1-6-45-32-21-19-31(20-22-32)40(46(43,44)33-23-17-28(2)18-24-33)27-35(41)39(26-30-15-11-8-12-16-30)34(36(42)38-37(3,4)5)25-29-13-9-7-10-14-29/h7-24,34H,6,25-27H2,1-5H3,(H,38,42)/t34-/m1/s1. The second-order valence-corrected chi connectivity index (χ2v) is 14.1. The molecule has 4 aromatic rings. The molecule has 1 N–H and O–H groups in total. The topological polar surface area (TPSA) is 96.0 Å². The molecule has 9 heteroatoms. The molecule has 4 rings (SSSR count). The van der Waals surface area contributed by atoms with Gasteiger partial charge in [-0.25, -0.2) is 8.42 Å². The van der Waals surface area contributed by atoms with E-state index in [1.54, 1.807) is 36.4 Å². The van der Waals surface area contributed by atoms with E-state index in [-0.39, 0.29) is 23.8 Å². The van der Waals surface area contributed by atoms with E-state index in [1.807, 2.05) is 95.3 Å². The Morgan fingerprint density at radius 1 is 0.804 bits per heavy atom. The lowest BCUT2D eigenvalue weighted by atomic mass is 10.0. The lowest BCUT2D eigenvalue weighted by molar-refractivity contribution is -0.140. The fourth-order valence-corrected chi connectivity index (χ4v) is 6.44. The van der Waals surface area contributed by atoms with Crippen LogP contribution >= 0.6 is 0 Å². The van der Waals surface area contributed by atoms with Gasteiger partial charge in [-0.1, -0.05) is 78.4 Å². The van der Waals surface area contributed by atoms with Gasteiger partial charge in [0.15, 0.2) is 0 Å². The van der Waals surface area contributed by atoms with Crippen LogP contribution in [0.4, 0.5) is 5.69 Å². The summed E-state index contributed by atoms with van der Waals surface area (Å²) in [7, 11) is -4.19. The summed E-state index contributed by atoms with van der Waals surface area (Å²) in [5.41, 5.74) is 2.34. The van der Waals surface area contributed by atoms with E-state index in [0.717, 1.165) is 21.0 Å². The Bertz CT molecular complexity index is 1690. The van der Waals surface area contributed by atoms with Crippen LogP contribution in [0.3, 0.4) is 0 Å². The average Bonchev–Trinajstić information content (AvgIpc) is 3.02. The van der Waals surface area contributed by atoms with E-state index >= 15 is 0 Å². The zero-order valence-electron chi connectivity index (χ0n) is 27.1. The number of nitrogens with zero attached hydrogens (tertiary/aromatic N) is 2. The molecular weight excluding hydrogens is 598 g/mol. The smallest absolute Gasteiger partial charge is 0.264 e. The van der Waals surface area contributed by atoms with Gasteiger partial charge in [0, 0.05) is 18.5 Å². The molecule has 4 aromatic carbocycles. The first kappa shape index (κ1) is 34.2. The Balaban J connectivity index is 1.80. The molecule has 1 atom stereocenters.